The van der Waals surface area contributed by atoms with Gasteiger partial charge >= 0.3 is 0 Å². The van der Waals surface area contributed by atoms with Crippen LogP contribution in [0, 0.1) is 12.7 Å². The van der Waals surface area contributed by atoms with Gasteiger partial charge in [-0.3, -0.25) is 4.79 Å². The number of nitrogens with two attached hydrogens (primary N) is 1. The summed E-state index contributed by atoms with van der Waals surface area (Å²) in [5.74, 6) is -0.783. The lowest BCUT2D eigenvalue weighted by Crippen LogP contribution is -2.22. The van der Waals surface area contributed by atoms with E-state index in [2.05, 4.69) is 0 Å². The minimum atomic E-state index is -0.384. The summed E-state index contributed by atoms with van der Waals surface area (Å²) in [6.07, 6.45) is 0. The van der Waals surface area contributed by atoms with E-state index in [4.69, 9.17) is 5.73 Å². The molecule has 0 radical (unpaired) electrons. The zero-order chi connectivity index (χ0) is 13.8. The Morgan fingerprint density at radius 1 is 1.21 bits per heavy atom. The van der Waals surface area contributed by atoms with Gasteiger partial charge in [0.15, 0.2) is 5.78 Å². The predicted molar refractivity (Wildman–Crippen MR) is 73.7 cm³/mol. The number of halogens is 1. The average molecular weight is 257 g/mol. The summed E-state index contributed by atoms with van der Waals surface area (Å²) < 4.78 is 13.1. The minimum Gasteiger partial charge on any atom is -0.329 e. The molecule has 2 nitrogen and oxygen atoms in total. The topological polar surface area (TPSA) is 43.1 Å². The Morgan fingerprint density at radius 2 is 1.89 bits per heavy atom. The number of Topliss-reactive ketones (excluding diaryl/α,β-unsaturated/α-hetero) is 1. The van der Waals surface area contributed by atoms with Gasteiger partial charge in [-0.1, -0.05) is 30.3 Å². The quantitative estimate of drug-likeness (QED) is 0.855. The lowest BCUT2D eigenvalue weighted by Gasteiger charge is -2.15. The minimum absolute atomic E-state index is 0.0637. The average Bonchev–Trinajstić information content (AvgIpc) is 2.40. The molecule has 1 atom stereocenters. The van der Waals surface area contributed by atoms with Gasteiger partial charge in [-0.2, -0.15) is 0 Å². The number of hydrogen-bond donors (Lipinski definition) is 1. The Hall–Kier alpha value is -2.00. The highest BCUT2D eigenvalue weighted by Gasteiger charge is 2.21. The van der Waals surface area contributed by atoms with E-state index in [1.54, 1.807) is 6.92 Å². The molecule has 0 fully saturated rings. The molecule has 0 bridgehead atoms. The number of hydrogen-bond acceptors (Lipinski definition) is 2. The maximum atomic E-state index is 13.1. The second kappa shape index (κ2) is 5.76. The zero-order valence-corrected chi connectivity index (χ0v) is 10.8. The first-order valence-electron chi connectivity index (χ1n) is 6.19. The Balaban J connectivity index is 2.36. The maximum absolute atomic E-state index is 13.1. The van der Waals surface area contributed by atoms with Crippen LogP contribution in [0.4, 0.5) is 4.39 Å². The van der Waals surface area contributed by atoms with Crippen LogP contribution in [0.5, 0.6) is 0 Å². The number of carbonyl (C=O) groups is 1. The van der Waals surface area contributed by atoms with Crippen molar-refractivity contribution in [1.82, 2.24) is 0 Å². The molecule has 3 heteroatoms. The van der Waals surface area contributed by atoms with Crippen LogP contribution in [-0.4, -0.2) is 12.3 Å². The van der Waals surface area contributed by atoms with Gasteiger partial charge in [0.2, 0.25) is 0 Å². The van der Waals surface area contributed by atoms with Crippen LogP contribution in [0.15, 0.2) is 48.5 Å². The first-order chi connectivity index (χ1) is 9.13. The lowest BCUT2D eigenvalue weighted by molar-refractivity contribution is 0.0961. The van der Waals surface area contributed by atoms with Crippen LogP contribution in [0.3, 0.4) is 0 Å². The predicted octanol–water partition coefficient (Wildman–Crippen LogP) is 3.06. The summed E-state index contributed by atoms with van der Waals surface area (Å²) in [6.45, 7) is 1.97. The van der Waals surface area contributed by atoms with E-state index in [1.807, 2.05) is 30.3 Å². The lowest BCUT2D eigenvalue weighted by atomic mass is 9.89. The Bertz CT molecular complexity index is 581. The van der Waals surface area contributed by atoms with Crippen molar-refractivity contribution in [2.75, 3.05) is 6.54 Å². The molecular weight excluding hydrogens is 241 g/mol. The second-order valence-corrected chi connectivity index (χ2v) is 4.52. The molecule has 1 unspecified atom stereocenters. The first-order valence-corrected chi connectivity index (χ1v) is 6.19. The molecule has 0 aliphatic heterocycles. The van der Waals surface area contributed by atoms with Gasteiger partial charge in [-0.15, -0.1) is 0 Å². The second-order valence-electron chi connectivity index (χ2n) is 4.52. The third kappa shape index (κ3) is 2.88. The van der Waals surface area contributed by atoms with Crippen LogP contribution in [0.25, 0.3) is 0 Å². The fraction of sp³-hybridized carbons (Fsp3) is 0.188. The summed E-state index contributed by atoms with van der Waals surface area (Å²) in [5, 5.41) is 0. The van der Waals surface area contributed by atoms with Crippen LogP contribution in [0.1, 0.15) is 27.4 Å². The molecule has 0 aromatic heterocycles. The van der Waals surface area contributed by atoms with Gasteiger partial charge in [-0.05, 0) is 36.2 Å². The molecule has 2 rings (SSSR count). The number of carbonyl (C=O) groups excluding carboxylic acids is 1. The van der Waals surface area contributed by atoms with Crippen molar-refractivity contribution in [2.24, 2.45) is 5.73 Å². The maximum Gasteiger partial charge on any atom is 0.171 e. The van der Waals surface area contributed by atoms with Crippen LogP contribution in [-0.2, 0) is 0 Å². The van der Waals surface area contributed by atoms with Crippen molar-refractivity contribution in [2.45, 2.75) is 12.8 Å². The molecule has 19 heavy (non-hydrogen) atoms. The number of aryl methyl sites for hydroxylation is 1. The molecule has 0 spiro atoms. The largest absolute Gasteiger partial charge is 0.329 e. The van der Waals surface area contributed by atoms with Crippen LogP contribution < -0.4 is 5.73 Å². The van der Waals surface area contributed by atoms with Crippen LogP contribution >= 0.6 is 0 Å². The molecule has 0 heterocycles. The van der Waals surface area contributed by atoms with Gasteiger partial charge in [-0.25, -0.2) is 4.39 Å². The van der Waals surface area contributed by atoms with Gasteiger partial charge in [0.05, 0.1) is 5.92 Å². The number of ketones is 1. The summed E-state index contributed by atoms with van der Waals surface area (Å²) in [4.78, 5) is 12.5. The Kier molecular flexibility index (Phi) is 4.07. The smallest absolute Gasteiger partial charge is 0.171 e. The fourth-order valence-electron chi connectivity index (χ4n) is 2.17. The Morgan fingerprint density at radius 3 is 2.47 bits per heavy atom. The van der Waals surface area contributed by atoms with E-state index in [0.29, 0.717) is 11.1 Å². The molecule has 2 aromatic carbocycles. The van der Waals surface area contributed by atoms with Crippen LogP contribution in [0.2, 0.25) is 0 Å². The number of rotatable bonds is 4. The molecule has 0 saturated heterocycles. The molecule has 0 aliphatic carbocycles. The van der Waals surface area contributed by atoms with Crippen molar-refractivity contribution < 1.29 is 9.18 Å². The highest BCUT2D eigenvalue weighted by molar-refractivity contribution is 6.02. The van der Waals surface area contributed by atoms with Crippen molar-refractivity contribution in [1.29, 1.82) is 0 Å². The zero-order valence-electron chi connectivity index (χ0n) is 10.8. The third-order valence-corrected chi connectivity index (χ3v) is 3.21. The molecule has 0 saturated carbocycles. The van der Waals surface area contributed by atoms with E-state index in [1.165, 1.54) is 18.2 Å². The van der Waals surface area contributed by atoms with Gasteiger partial charge in [0.1, 0.15) is 5.82 Å². The summed E-state index contributed by atoms with van der Waals surface area (Å²) >= 11 is 0. The molecular formula is C16H16FNO. The van der Waals surface area contributed by atoms with Gasteiger partial charge in [0.25, 0.3) is 0 Å². The van der Waals surface area contributed by atoms with Crippen molar-refractivity contribution in [3.8, 4) is 0 Å². The SMILES string of the molecule is Cc1cc(F)ccc1C(=O)C(CN)c1ccccc1. The Labute approximate surface area is 112 Å². The van der Waals surface area contributed by atoms with Gasteiger partial charge < -0.3 is 5.73 Å². The molecule has 98 valence electrons. The monoisotopic (exact) mass is 257 g/mol. The summed E-state index contributed by atoms with van der Waals surface area (Å²) in [7, 11) is 0. The molecule has 0 amide bonds. The first kappa shape index (κ1) is 13.4. The summed E-state index contributed by atoms with van der Waals surface area (Å²) in [5.41, 5.74) is 7.78. The van der Waals surface area contributed by atoms with Crippen molar-refractivity contribution in [3.63, 3.8) is 0 Å². The van der Waals surface area contributed by atoms with Crippen molar-refractivity contribution >= 4 is 5.78 Å². The molecule has 2 aromatic rings. The van der Waals surface area contributed by atoms with Crippen molar-refractivity contribution in [3.05, 3.63) is 71.0 Å². The van der Waals surface area contributed by atoms with Gasteiger partial charge in [0, 0.05) is 12.1 Å². The normalized spacial score (nSPS) is 12.2. The summed E-state index contributed by atoms with van der Waals surface area (Å²) in [6, 6.07) is 13.6. The highest BCUT2D eigenvalue weighted by atomic mass is 19.1. The van der Waals surface area contributed by atoms with E-state index in [-0.39, 0.29) is 24.1 Å². The number of benzene rings is 2. The highest BCUT2D eigenvalue weighted by Crippen LogP contribution is 2.22. The van der Waals surface area contributed by atoms with E-state index in [0.717, 1.165) is 5.56 Å². The fourth-order valence-corrected chi connectivity index (χ4v) is 2.17. The molecule has 2 N–H and O–H groups in total. The van der Waals surface area contributed by atoms with E-state index >= 15 is 0 Å². The molecule has 0 aliphatic rings. The third-order valence-electron chi connectivity index (χ3n) is 3.21. The van der Waals surface area contributed by atoms with E-state index in [9.17, 15) is 9.18 Å². The van der Waals surface area contributed by atoms with E-state index < -0.39 is 0 Å². The standard InChI is InChI=1S/C16H16FNO/c1-11-9-13(17)7-8-14(11)16(19)15(10-18)12-5-3-2-4-6-12/h2-9,15H,10,18H2,1H3.